The lowest BCUT2D eigenvalue weighted by Gasteiger charge is -2.14. The van der Waals surface area contributed by atoms with Crippen molar-refractivity contribution in [2.75, 3.05) is 6.61 Å². The maximum Gasteiger partial charge on any atom is 0.282 e. The fourth-order valence-corrected chi connectivity index (χ4v) is 4.54. The number of benzene rings is 3. The van der Waals surface area contributed by atoms with E-state index in [9.17, 15) is 9.18 Å². The normalized spacial score (nSPS) is 11.4. The minimum Gasteiger partial charge on any atom is -0.490 e. The summed E-state index contributed by atoms with van der Waals surface area (Å²) in [5.41, 5.74) is 1.82. The van der Waals surface area contributed by atoms with Crippen LogP contribution in [0.2, 0.25) is 0 Å². The monoisotopic (exact) mass is 629 g/mol. The smallest absolute Gasteiger partial charge is 0.282 e. The summed E-state index contributed by atoms with van der Waals surface area (Å²) in [6.45, 7) is 4.59. The molecule has 0 aliphatic carbocycles. The molecule has 0 spiro atoms. The van der Waals surface area contributed by atoms with E-state index in [4.69, 9.17) is 14.5 Å². The zero-order valence-electron chi connectivity index (χ0n) is 20.5. The van der Waals surface area contributed by atoms with Crippen molar-refractivity contribution in [1.82, 2.24) is 9.66 Å². The highest BCUT2D eigenvalue weighted by Crippen LogP contribution is 2.34. The molecule has 0 unspecified atom stereocenters. The van der Waals surface area contributed by atoms with E-state index in [2.05, 4.69) is 43.9 Å². The van der Waals surface area contributed by atoms with Gasteiger partial charge in [0.15, 0.2) is 11.5 Å². The predicted octanol–water partition coefficient (Wildman–Crippen LogP) is 7.26. The molecule has 1 heterocycles. The highest BCUT2D eigenvalue weighted by atomic mass is 79.9. The summed E-state index contributed by atoms with van der Waals surface area (Å²) < 4.78 is 28.1. The molecule has 0 atom stereocenters. The first kappa shape index (κ1) is 27.0. The van der Waals surface area contributed by atoms with E-state index in [1.807, 2.05) is 19.1 Å². The second-order valence-electron chi connectivity index (χ2n) is 8.33. The van der Waals surface area contributed by atoms with Crippen molar-refractivity contribution in [2.45, 2.75) is 39.7 Å². The number of nitrogens with zero attached hydrogens (tertiary/aromatic N) is 3. The van der Waals surface area contributed by atoms with Crippen molar-refractivity contribution >= 4 is 49.0 Å². The van der Waals surface area contributed by atoms with Crippen LogP contribution in [-0.2, 0) is 13.0 Å². The van der Waals surface area contributed by atoms with Gasteiger partial charge < -0.3 is 9.47 Å². The quantitative estimate of drug-likeness (QED) is 0.173. The molecule has 0 amide bonds. The van der Waals surface area contributed by atoms with Gasteiger partial charge in [-0.2, -0.15) is 9.78 Å². The van der Waals surface area contributed by atoms with Crippen molar-refractivity contribution in [3.8, 4) is 11.5 Å². The SMILES string of the molecule is CCCCc1nc2ccc(Br)cc2c(=O)n1N=Cc1cc(OCC)c(OCc2cccc(F)c2)cc1Br. The minimum atomic E-state index is -0.317. The number of aromatic nitrogens is 2. The molecule has 0 radical (unpaired) electrons. The first-order chi connectivity index (χ1) is 17.9. The van der Waals surface area contributed by atoms with Crippen LogP contribution < -0.4 is 15.0 Å². The molecule has 0 aliphatic rings. The van der Waals surface area contributed by atoms with Gasteiger partial charge in [-0.1, -0.05) is 41.4 Å². The standard InChI is InChI=1S/C28H26Br2FN3O3/c1-3-5-9-27-33-24-11-10-20(29)14-22(24)28(35)34(27)32-16-19-13-25(36-4-2)26(15-23(19)30)37-17-18-7-6-8-21(31)12-18/h6-8,10-16H,3-5,9,17H2,1-2H3. The molecule has 0 saturated heterocycles. The third-order valence-corrected chi connectivity index (χ3v) is 6.77. The van der Waals surface area contributed by atoms with Crippen LogP contribution in [0.4, 0.5) is 4.39 Å². The summed E-state index contributed by atoms with van der Waals surface area (Å²) in [5, 5.41) is 5.02. The van der Waals surface area contributed by atoms with Crippen molar-refractivity contribution in [3.05, 3.63) is 96.7 Å². The average Bonchev–Trinajstić information content (AvgIpc) is 2.88. The molecule has 6 nitrogen and oxygen atoms in total. The lowest BCUT2D eigenvalue weighted by atomic mass is 10.2. The molecule has 192 valence electrons. The Morgan fingerprint density at radius 1 is 1.05 bits per heavy atom. The molecule has 1 aromatic heterocycles. The Bertz CT molecular complexity index is 1500. The highest BCUT2D eigenvalue weighted by molar-refractivity contribution is 9.10. The summed E-state index contributed by atoms with van der Waals surface area (Å²) in [6, 6.07) is 15.3. The molecular weight excluding hydrogens is 605 g/mol. The van der Waals surface area contributed by atoms with E-state index in [-0.39, 0.29) is 18.0 Å². The van der Waals surface area contributed by atoms with Crippen LogP contribution in [0.5, 0.6) is 11.5 Å². The van der Waals surface area contributed by atoms with E-state index in [0.29, 0.717) is 56.9 Å². The van der Waals surface area contributed by atoms with Crippen molar-refractivity contribution < 1.29 is 13.9 Å². The van der Waals surface area contributed by atoms with Crippen LogP contribution in [0, 0.1) is 5.82 Å². The third-order valence-electron chi connectivity index (χ3n) is 5.59. The Labute approximate surface area is 231 Å². The van der Waals surface area contributed by atoms with Gasteiger partial charge in [0.05, 0.1) is 23.7 Å². The Hall–Kier alpha value is -3.04. The van der Waals surface area contributed by atoms with Gasteiger partial charge in [0, 0.05) is 20.9 Å². The first-order valence-electron chi connectivity index (χ1n) is 12.0. The summed E-state index contributed by atoms with van der Waals surface area (Å²) in [7, 11) is 0. The van der Waals surface area contributed by atoms with Crippen LogP contribution in [0.3, 0.4) is 0 Å². The second kappa shape index (κ2) is 12.5. The molecule has 37 heavy (non-hydrogen) atoms. The Kier molecular flexibility index (Phi) is 9.10. The van der Waals surface area contributed by atoms with Crippen LogP contribution in [0.25, 0.3) is 10.9 Å². The molecule has 0 N–H and O–H groups in total. The molecule has 4 rings (SSSR count). The molecule has 9 heteroatoms. The van der Waals surface area contributed by atoms with Gasteiger partial charge in [0.25, 0.3) is 5.56 Å². The first-order valence-corrected chi connectivity index (χ1v) is 13.6. The van der Waals surface area contributed by atoms with Crippen LogP contribution in [-0.4, -0.2) is 22.5 Å². The zero-order chi connectivity index (χ0) is 26.4. The molecule has 3 aromatic carbocycles. The van der Waals surface area contributed by atoms with E-state index in [1.165, 1.54) is 16.8 Å². The fraction of sp³-hybridized carbons (Fsp3) is 0.250. The number of ether oxygens (including phenoxy) is 2. The van der Waals surface area contributed by atoms with Crippen LogP contribution in [0.1, 0.15) is 43.6 Å². The molecule has 0 aliphatic heterocycles. The molecule has 0 bridgehead atoms. The van der Waals surface area contributed by atoms with Crippen molar-refractivity contribution in [3.63, 3.8) is 0 Å². The van der Waals surface area contributed by atoms with Gasteiger partial charge in [0.2, 0.25) is 0 Å². The maximum atomic E-state index is 13.5. The van der Waals surface area contributed by atoms with Gasteiger partial charge in [-0.05, 0) is 77.3 Å². The molecule has 4 aromatic rings. The predicted molar refractivity (Wildman–Crippen MR) is 151 cm³/mol. The van der Waals surface area contributed by atoms with Crippen molar-refractivity contribution in [2.24, 2.45) is 5.10 Å². The number of hydrogen-bond donors (Lipinski definition) is 0. The Morgan fingerprint density at radius 2 is 1.86 bits per heavy atom. The summed E-state index contributed by atoms with van der Waals surface area (Å²) in [6.07, 6.45) is 4.09. The van der Waals surface area contributed by atoms with E-state index in [0.717, 1.165) is 17.3 Å². The molecule has 0 fully saturated rings. The number of unbranched alkanes of at least 4 members (excludes halogenated alkanes) is 1. The van der Waals surface area contributed by atoms with Gasteiger partial charge in [-0.3, -0.25) is 4.79 Å². The topological polar surface area (TPSA) is 65.7 Å². The Morgan fingerprint density at radius 3 is 2.62 bits per heavy atom. The highest BCUT2D eigenvalue weighted by Gasteiger charge is 2.13. The van der Waals surface area contributed by atoms with Crippen LogP contribution in [0.15, 0.2) is 73.4 Å². The largest absolute Gasteiger partial charge is 0.490 e. The summed E-state index contributed by atoms with van der Waals surface area (Å²) in [4.78, 5) is 18.1. The summed E-state index contributed by atoms with van der Waals surface area (Å²) in [5.74, 6) is 1.31. The minimum absolute atomic E-state index is 0.187. The van der Waals surface area contributed by atoms with E-state index >= 15 is 0 Å². The molecular formula is C28H26Br2FN3O3. The van der Waals surface area contributed by atoms with Crippen LogP contribution >= 0.6 is 31.9 Å². The lowest BCUT2D eigenvalue weighted by molar-refractivity contribution is 0.269. The van der Waals surface area contributed by atoms with E-state index < -0.39 is 0 Å². The molecule has 0 saturated carbocycles. The van der Waals surface area contributed by atoms with Gasteiger partial charge >= 0.3 is 0 Å². The average molecular weight is 631 g/mol. The number of aryl methyl sites for hydroxylation is 1. The number of hydrogen-bond acceptors (Lipinski definition) is 5. The number of rotatable bonds is 10. The zero-order valence-corrected chi connectivity index (χ0v) is 23.7. The fourth-order valence-electron chi connectivity index (χ4n) is 3.75. The summed E-state index contributed by atoms with van der Waals surface area (Å²) >= 11 is 7.01. The third kappa shape index (κ3) is 6.64. The van der Waals surface area contributed by atoms with E-state index in [1.54, 1.807) is 36.5 Å². The van der Waals surface area contributed by atoms with Crippen molar-refractivity contribution in [1.29, 1.82) is 0 Å². The second-order valence-corrected chi connectivity index (χ2v) is 10.1. The van der Waals surface area contributed by atoms with Gasteiger partial charge in [0.1, 0.15) is 18.2 Å². The van der Waals surface area contributed by atoms with Gasteiger partial charge in [-0.15, -0.1) is 0 Å². The van der Waals surface area contributed by atoms with Gasteiger partial charge in [-0.25, -0.2) is 9.37 Å². The maximum absolute atomic E-state index is 13.5. The number of halogens is 3. The Balaban J connectivity index is 1.69. The number of fused-ring (bicyclic) bond motifs is 1. The lowest BCUT2D eigenvalue weighted by Crippen LogP contribution is -2.22.